The van der Waals surface area contributed by atoms with Gasteiger partial charge in [0, 0.05) is 29.9 Å². The first-order valence-electron chi connectivity index (χ1n) is 9.52. The largest absolute Gasteiger partial charge is 0.497 e. The summed E-state index contributed by atoms with van der Waals surface area (Å²) in [6.45, 7) is 7.11. The van der Waals surface area contributed by atoms with Crippen molar-refractivity contribution in [2.45, 2.75) is 26.8 Å². The molecule has 3 heterocycles. The average molecular weight is 396 g/mol. The van der Waals surface area contributed by atoms with Gasteiger partial charge in [0.15, 0.2) is 5.69 Å². The second-order valence-corrected chi connectivity index (χ2v) is 7.11. The monoisotopic (exact) mass is 396 g/mol. The van der Waals surface area contributed by atoms with Gasteiger partial charge in [-0.2, -0.15) is 5.10 Å². The summed E-state index contributed by atoms with van der Waals surface area (Å²) in [4.78, 5) is 14.9. The van der Waals surface area contributed by atoms with Gasteiger partial charge in [0.25, 0.3) is 5.91 Å². The van der Waals surface area contributed by atoms with Crippen molar-refractivity contribution in [2.24, 2.45) is 0 Å². The maximum atomic E-state index is 13.1. The number of aryl methyl sites for hydroxylation is 2. The zero-order valence-electron chi connectivity index (χ0n) is 17.0. The van der Waals surface area contributed by atoms with Gasteiger partial charge in [0.1, 0.15) is 11.5 Å². The molecule has 2 aromatic heterocycles. The lowest BCUT2D eigenvalue weighted by Gasteiger charge is -2.35. The van der Waals surface area contributed by atoms with Gasteiger partial charge in [-0.25, -0.2) is 4.68 Å². The summed E-state index contributed by atoms with van der Waals surface area (Å²) in [7, 11) is 1.64. The molecule has 152 valence electrons. The first-order chi connectivity index (χ1) is 14.0. The fourth-order valence-electron chi connectivity index (χ4n) is 3.83. The van der Waals surface area contributed by atoms with Crippen molar-refractivity contribution in [1.82, 2.24) is 19.8 Å². The molecule has 3 aromatic rings. The van der Waals surface area contributed by atoms with E-state index in [1.165, 1.54) is 0 Å². The van der Waals surface area contributed by atoms with Crippen molar-refractivity contribution in [2.75, 3.05) is 26.9 Å². The summed E-state index contributed by atoms with van der Waals surface area (Å²) >= 11 is 0. The van der Waals surface area contributed by atoms with E-state index in [-0.39, 0.29) is 11.9 Å². The number of hydrogen-bond donors (Lipinski definition) is 0. The smallest absolute Gasteiger partial charge is 0.276 e. The average Bonchev–Trinajstić information content (AvgIpc) is 3.30. The van der Waals surface area contributed by atoms with Gasteiger partial charge in [0.05, 0.1) is 37.7 Å². The molecule has 1 aromatic carbocycles. The maximum absolute atomic E-state index is 13.1. The van der Waals surface area contributed by atoms with Gasteiger partial charge >= 0.3 is 0 Å². The quantitative estimate of drug-likeness (QED) is 0.674. The van der Waals surface area contributed by atoms with E-state index in [2.05, 4.69) is 5.16 Å². The van der Waals surface area contributed by atoms with Gasteiger partial charge in [-0.15, -0.1) is 0 Å². The van der Waals surface area contributed by atoms with Gasteiger partial charge in [0.2, 0.25) is 0 Å². The van der Waals surface area contributed by atoms with Crippen LogP contribution in [0.1, 0.15) is 39.2 Å². The Morgan fingerprint density at radius 1 is 1.24 bits per heavy atom. The lowest BCUT2D eigenvalue weighted by molar-refractivity contribution is -0.00354. The molecule has 1 atom stereocenters. The van der Waals surface area contributed by atoms with E-state index in [1.54, 1.807) is 25.0 Å². The lowest BCUT2D eigenvalue weighted by atomic mass is 10.0. The van der Waals surface area contributed by atoms with E-state index in [4.69, 9.17) is 19.1 Å². The SMILES string of the molecule is COc1cccc(-n2nc(C)c([C@H]3COCCN3C(=O)c3cc(C)on3)c2C)c1. The van der Waals surface area contributed by atoms with Crippen molar-refractivity contribution in [3.8, 4) is 11.4 Å². The van der Waals surface area contributed by atoms with E-state index in [0.29, 0.717) is 31.2 Å². The van der Waals surface area contributed by atoms with Crippen LogP contribution in [-0.4, -0.2) is 52.6 Å². The van der Waals surface area contributed by atoms with Crippen LogP contribution < -0.4 is 4.74 Å². The fraction of sp³-hybridized carbons (Fsp3) is 0.381. The van der Waals surface area contributed by atoms with Crippen LogP contribution in [0.25, 0.3) is 5.69 Å². The summed E-state index contributed by atoms with van der Waals surface area (Å²) in [5.74, 6) is 1.20. The van der Waals surface area contributed by atoms with Crippen LogP contribution in [0.5, 0.6) is 5.75 Å². The minimum atomic E-state index is -0.243. The highest BCUT2D eigenvalue weighted by molar-refractivity contribution is 5.92. The molecule has 1 amide bonds. The molecule has 0 radical (unpaired) electrons. The molecule has 0 bridgehead atoms. The molecular formula is C21H24N4O4. The Balaban J connectivity index is 1.72. The summed E-state index contributed by atoms with van der Waals surface area (Å²) < 4.78 is 18.0. The third-order valence-corrected chi connectivity index (χ3v) is 5.21. The number of nitrogens with zero attached hydrogens (tertiary/aromatic N) is 4. The Morgan fingerprint density at radius 2 is 2.07 bits per heavy atom. The van der Waals surface area contributed by atoms with Crippen LogP contribution in [-0.2, 0) is 4.74 Å². The van der Waals surface area contributed by atoms with E-state index in [9.17, 15) is 4.79 Å². The second kappa shape index (κ2) is 7.71. The first-order valence-corrected chi connectivity index (χ1v) is 9.52. The van der Waals surface area contributed by atoms with Crippen LogP contribution in [0.15, 0.2) is 34.9 Å². The minimum Gasteiger partial charge on any atom is -0.497 e. The number of aromatic nitrogens is 3. The van der Waals surface area contributed by atoms with Crippen LogP contribution in [0, 0.1) is 20.8 Å². The summed E-state index contributed by atoms with van der Waals surface area (Å²) in [5, 5.41) is 8.63. The molecular weight excluding hydrogens is 372 g/mol. The number of methoxy groups -OCH3 is 1. The highest BCUT2D eigenvalue weighted by atomic mass is 16.5. The lowest BCUT2D eigenvalue weighted by Crippen LogP contribution is -2.44. The number of rotatable bonds is 4. The van der Waals surface area contributed by atoms with Gasteiger partial charge in [-0.1, -0.05) is 11.2 Å². The highest BCUT2D eigenvalue weighted by Crippen LogP contribution is 2.32. The summed E-state index contributed by atoms with van der Waals surface area (Å²) in [6.07, 6.45) is 0. The third-order valence-electron chi connectivity index (χ3n) is 5.21. The highest BCUT2D eigenvalue weighted by Gasteiger charge is 2.34. The van der Waals surface area contributed by atoms with Crippen molar-refractivity contribution >= 4 is 5.91 Å². The van der Waals surface area contributed by atoms with Crippen molar-refractivity contribution in [1.29, 1.82) is 0 Å². The van der Waals surface area contributed by atoms with Gasteiger partial charge in [-0.05, 0) is 32.9 Å². The van der Waals surface area contributed by atoms with E-state index >= 15 is 0 Å². The van der Waals surface area contributed by atoms with Crippen molar-refractivity contribution < 1.29 is 18.8 Å². The predicted molar refractivity (Wildman–Crippen MR) is 105 cm³/mol. The predicted octanol–water partition coefficient (Wildman–Crippen LogP) is 3.01. The van der Waals surface area contributed by atoms with E-state index in [0.717, 1.165) is 28.4 Å². The summed E-state index contributed by atoms with van der Waals surface area (Å²) in [5.41, 5.74) is 4.01. The molecule has 1 saturated heterocycles. The molecule has 0 unspecified atom stereocenters. The van der Waals surface area contributed by atoms with Crippen LogP contribution >= 0.6 is 0 Å². The number of benzene rings is 1. The second-order valence-electron chi connectivity index (χ2n) is 7.11. The molecule has 0 spiro atoms. The molecule has 1 fully saturated rings. The van der Waals surface area contributed by atoms with Crippen molar-refractivity contribution in [3.05, 3.63) is 58.7 Å². The maximum Gasteiger partial charge on any atom is 0.276 e. The number of carbonyl (C=O) groups is 1. The van der Waals surface area contributed by atoms with Crippen LogP contribution in [0.3, 0.4) is 0 Å². The van der Waals surface area contributed by atoms with Gasteiger partial charge < -0.3 is 18.9 Å². The van der Waals surface area contributed by atoms with E-state index < -0.39 is 0 Å². The Morgan fingerprint density at radius 3 is 2.79 bits per heavy atom. The number of morpholine rings is 1. The number of ether oxygens (including phenoxy) is 2. The standard InChI is InChI=1S/C21H24N4O4/c1-13-10-18(23-29-13)21(26)24-8-9-28-12-19(24)20-14(2)22-25(15(20)3)16-6-5-7-17(11-16)27-4/h5-7,10-11,19H,8-9,12H2,1-4H3/t19-/m1/s1. The van der Waals surface area contributed by atoms with Crippen LogP contribution in [0.2, 0.25) is 0 Å². The van der Waals surface area contributed by atoms with Gasteiger partial charge in [-0.3, -0.25) is 4.79 Å². The number of hydrogen-bond acceptors (Lipinski definition) is 6. The van der Waals surface area contributed by atoms with E-state index in [1.807, 2.05) is 42.8 Å². The molecule has 8 heteroatoms. The molecule has 1 aliphatic rings. The Bertz CT molecular complexity index is 1040. The Labute approximate surface area is 169 Å². The molecule has 29 heavy (non-hydrogen) atoms. The molecule has 1 aliphatic heterocycles. The first kappa shape index (κ1) is 19.2. The molecule has 8 nitrogen and oxygen atoms in total. The number of amides is 1. The summed E-state index contributed by atoms with van der Waals surface area (Å²) in [6, 6.07) is 9.15. The Kier molecular flexibility index (Phi) is 5.10. The zero-order chi connectivity index (χ0) is 20.5. The molecule has 0 aliphatic carbocycles. The number of carbonyl (C=O) groups excluding carboxylic acids is 1. The zero-order valence-corrected chi connectivity index (χ0v) is 17.0. The fourth-order valence-corrected chi connectivity index (χ4v) is 3.83. The molecule has 0 saturated carbocycles. The topological polar surface area (TPSA) is 82.6 Å². The normalized spacial score (nSPS) is 16.8. The Hall–Kier alpha value is -3.13. The molecule has 0 N–H and O–H groups in total. The molecule has 4 rings (SSSR count). The van der Waals surface area contributed by atoms with Crippen LogP contribution in [0.4, 0.5) is 0 Å². The minimum absolute atomic E-state index is 0.164. The van der Waals surface area contributed by atoms with Crippen molar-refractivity contribution in [3.63, 3.8) is 0 Å². The third kappa shape index (κ3) is 3.51.